The van der Waals surface area contributed by atoms with Crippen LogP contribution < -0.4 is 16.0 Å². The molecule has 1 heterocycles. The molecule has 4 atom stereocenters. The van der Waals surface area contributed by atoms with Gasteiger partial charge in [-0.15, -0.1) is 0 Å². The molecule has 3 amide bonds. The highest BCUT2D eigenvalue weighted by Gasteiger charge is 2.39. The molecule has 260 valence electrons. The maximum Gasteiger partial charge on any atom is 0.408 e. The molecule has 4 N–H and O–H groups in total. The van der Waals surface area contributed by atoms with E-state index in [1.165, 1.54) is 0 Å². The topological polar surface area (TPSA) is 151 Å². The number of alkyl carbamates (subject to hydrolysis) is 1. The largest absolute Gasteiger partial charge is 0.475 e. The summed E-state index contributed by atoms with van der Waals surface area (Å²) in [5.41, 5.74) is 0.814. The lowest BCUT2D eigenvalue weighted by molar-refractivity contribution is -0.151. The number of rotatable bonds is 13. The van der Waals surface area contributed by atoms with Crippen molar-refractivity contribution < 1.29 is 33.8 Å². The maximum atomic E-state index is 13.9. The molecule has 11 heteroatoms. The third kappa shape index (κ3) is 8.97. The van der Waals surface area contributed by atoms with Gasteiger partial charge >= 0.3 is 12.1 Å². The van der Waals surface area contributed by atoms with Crippen LogP contribution in [0.4, 0.5) is 4.79 Å². The molecule has 4 unspecified atom stereocenters. The summed E-state index contributed by atoms with van der Waals surface area (Å²) >= 11 is 6.38. The molecule has 0 spiro atoms. The number of ketones is 1. The Hall–Kier alpha value is -4.44. The first kappa shape index (κ1) is 35.9. The molecule has 5 rings (SSSR count). The molecule has 0 radical (unpaired) electrons. The molecular formula is C38H44ClN3O7. The third-order valence-corrected chi connectivity index (χ3v) is 10.2. The van der Waals surface area contributed by atoms with E-state index < -0.39 is 53.3 Å². The summed E-state index contributed by atoms with van der Waals surface area (Å²) in [5.74, 6) is -4.39. The minimum absolute atomic E-state index is 0.137. The number of carbonyl (C=O) groups excluding carboxylic acids is 4. The van der Waals surface area contributed by atoms with Crippen LogP contribution in [0.3, 0.4) is 0 Å². The van der Waals surface area contributed by atoms with E-state index in [1.54, 1.807) is 6.07 Å². The molecule has 1 aliphatic carbocycles. The Balaban J connectivity index is 1.42. The second-order valence-electron chi connectivity index (χ2n) is 13.8. The van der Waals surface area contributed by atoms with Gasteiger partial charge in [0.25, 0.3) is 5.78 Å². The zero-order valence-corrected chi connectivity index (χ0v) is 28.6. The van der Waals surface area contributed by atoms with Crippen molar-refractivity contribution in [2.45, 2.75) is 88.8 Å². The normalized spacial score (nSPS) is 18.6. The van der Waals surface area contributed by atoms with Crippen molar-refractivity contribution in [3.8, 4) is 0 Å². The Morgan fingerprint density at radius 2 is 1.63 bits per heavy atom. The fraction of sp³-hybridized carbons (Fsp3) is 0.447. The molecule has 0 bridgehead atoms. The van der Waals surface area contributed by atoms with Crippen molar-refractivity contribution in [2.75, 3.05) is 6.54 Å². The number of carboxylic acids is 1. The van der Waals surface area contributed by atoms with E-state index >= 15 is 0 Å². The predicted molar refractivity (Wildman–Crippen MR) is 186 cm³/mol. The third-order valence-electron chi connectivity index (χ3n) is 9.95. The molecule has 2 aliphatic rings. The number of aliphatic carboxylic acids is 1. The lowest BCUT2D eigenvalue weighted by atomic mass is 9.76. The Morgan fingerprint density at radius 1 is 0.898 bits per heavy atom. The number of benzene rings is 3. The molecule has 1 aliphatic heterocycles. The number of hydrogen-bond acceptors (Lipinski definition) is 6. The standard InChI is InChI=1S/C38H44ClN3O7/c1-38(2,28-13-8-14-29(39)22-28)33(26-16-15-24-11-6-7-12-25(24)20-26)49-37(48)42-31(19-23-9-4-3-5-10-23)35(45)41-30(32(43)36(46)47)21-27-17-18-40-34(27)44/h6-8,11-16,20,22-23,27,30-31,33H,3-5,9-10,17-19,21H2,1-2H3,(H,40,44)(H,41,45)(H,42,48)(H,46,47). The number of ether oxygens (including phenoxy) is 1. The lowest BCUT2D eigenvalue weighted by Gasteiger charge is -2.35. The second kappa shape index (κ2) is 15.8. The number of amides is 3. The average Bonchev–Trinajstić information content (AvgIpc) is 3.50. The zero-order chi connectivity index (χ0) is 35.1. The summed E-state index contributed by atoms with van der Waals surface area (Å²) in [6.45, 7) is 4.33. The minimum atomic E-state index is -1.71. The highest BCUT2D eigenvalue weighted by Crippen LogP contribution is 2.41. The van der Waals surface area contributed by atoms with E-state index in [9.17, 15) is 29.1 Å². The van der Waals surface area contributed by atoms with Gasteiger partial charge in [0.1, 0.15) is 12.1 Å². The molecular weight excluding hydrogens is 646 g/mol. The van der Waals surface area contributed by atoms with Crippen molar-refractivity contribution in [3.05, 3.63) is 82.9 Å². The van der Waals surface area contributed by atoms with Gasteiger partial charge in [0.05, 0.1) is 6.04 Å². The molecule has 3 aromatic carbocycles. The Morgan fingerprint density at radius 3 is 2.31 bits per heavy atom. The average molecular weight is 690 g/mol. The highest BCUT2D eigenvalue weighted by molar-refractivity contribution is 6.35. The number of hydrogen-bond donors (Lipinski definition) is 4. The van der Waals surface area contributed by atoms with Gasteiger partial charge in [-0.2, -0.15) is 0 Å². The van der Waals surface area contributed by atoms with E-state index in [4.69, 9.17) is 16.3 Å². The van der Waals surface area contributed by atoms with Gasteiger partial charge in [0.15, 0.2) is 0 Å². The molecule has 1 saturated heterocycles. The van der Waals surface area contributed by atoms with Gasteiger partial charge in [-0.05, 0) is 65.3 Å². The van der Waals surface area contributed by atoms with Crippen LogP contribution in [0.1, 0.15) is 82.4 Å². The van der Waals surface area contributed by atoms with E-state index in [0.29, 0.717) is 18.0 Å². The SMILES string of the molecule is CC(C)(c1cccc(Cl)c1)C(OC(=O)NC(CC1CCCCC1)C(=O)NC(CC1CCNC1=O)C(=O)C(=O)O)c1ccc2ccccc2c1. The summed E-state index contributed by atoms with van der Waals surface area (Å²) < 4.78 is 6.24. The number of carboxylic acid groups (broad SMARTS) is 1. The van der Waals surface area contributed by atoms with Gasteiger partial charge in [-0.25, -0.2) is 9.59 Å². The monoisotopic (exact) mass is 689 g/mol. The van der Waals surface area contributed by atoms with E-state index in [2.05, 4.69) is 16.0 Å². The number of fused-ring (bicyclic) bond motifs is 1. The van der Waals surface area contributed by atoms with Gasteiger partial charge in [-0.1, -0.05) is 106 Å². The van der Waals surface area contributed by atoms with Crippen LogP contribution in [0.25, 0.3) is 10.8 Å². The number of carbonyl (C=O) groups is 5. The van der Waals surface area contributed by atoms with Crippen LogP contribution in [0, 0.1) is 11.8 Å². The van der Waals surface area contributed by atoms with Crippen LogP contribution in [0.2, 0.25) is 5.02 Å². The van der Waals surface area contributed by atoms with Crippen LogP contribution in [-0.4, -0.2) is 53.4 Å². The van der Waals surface area contributed by atoms with Crippen molar-refractivity contribution >= 4 is 52.0 Å². The van der Waals surface area contributed by atoms with Crippen LogP contribution in [0.5, 0.6) is 0 Å². The fourth-order valence-electron chi connectivity index (χ4n) is 7.12. The Labute approximate surface area is 291 Å². The molecule has 49 heavy (non-hydrogen) atoms. The van der Waals surface area contributed by atoms with E-state index in [1.807, 2.05) is 74.5 Å². The molecule has 3 aromatic rings. The molecule has 2 fully saturated rings. The smallest absolute Gasteiger partial charge is 0.408 e. The van der Waals surface area contributed by atoms with Gasteiger partial charge < -0.3 is 25.8 Å². The molecule has 0 aromatic heterocycles. The quantitative estimate of drug-likeness (QED) is 0.155. The van der Waals surface area contributed by atoms with Crippen LogP contribution >= 0.6 is 11.6 Å². The molecule has 10 nitrogen and oxygen atoms in total. The second-order valence-corrected chi connectivity index (χ2v) is 14.2. The van der Waals surface area contributed by atoms with Gasteiger partial charge in [0.2, 0.25) is 11.8 Å². The van der Waals surface area contributed by atoms with Crippen molar-refractivity contribution in [1.29, 1.82) is 0 Å². The van der Waals surface area contributed by atoms with Crippen LogP contribution in [-0.2, 0) is 29.3 Å². The van der Waals surface area contributed by atoms with Crippen molar-refractivity contribution in [2.24, 2.45) is 11.8 Å². The van der Waals surface area contributed by atoms with Crippen LogP contribution in [0.15, 0.2) is 66.7 Å². The number of Topliss-reactive ketones (excluding diaryl/α,β-unsaturated/α-hetero) is 1. The van der Waals surface area contributed by atoms with Crippen molar-refractivity contribution in [3.63, 3.8) is 0 Å². The lowest BCUT2D eigenvalue weighted by Crippen LogP contribution is -2.54. The zero-order valence-electron chi connectivity index (χ0n) is 27.9. The Kier molecular flexibility index (Phi) is 11.6. The van der Waals surface area contributed by atoms with Gasteiger partial charge in [0, 0.05) is 22.9 Å². The first-order valence-electron chi connectivity index (χ1n) is 17.0. The summed E-state index contributed by atoms with van der Waals surface area (Å²) in [6.07, 6.45) is 3.76. The highest BCUT2D eigenvalue weighted by atomic mass is 35.5. The minimum Gasteiger partial charge on any atom is -0.475 e. The predicted octanol–water partition coefficient (Wildman–Crippen LogP) is 6.24. The summed E-state index contributed by atoms with van der Waals surface area (Å²) in [5, 5.41) is 20.1. The van der Waals surface area contributed by atoms with E-state index in [-0.39, 0.29) is 24.7 Å². The number of halogens is 1. The van der Waals surface area contributed by atoms with Gasteiger partial charge in [-0.3, -0.25) is 14.4 Å². The van der Waals surface area contributed by atoms with Crippen molar-refractivity contribution in [1.82, 2.24) is 16.0 Å². The Bertz CT molecular complexity index is 1700. The summed E-state index contributed by atoms with van der Waals surface area (Å²) in [6, 6.07) is 18.6. The fourth-order valence-corrected chi connectivity index (χ4v) is 7.31. The molecule has 1 saturated carbocycles. The first-order valence-corrected chi connectivity index (χ1v) is 17.4. The van der Waals surface area contributed by atoms with E-state index in [0.717, 1.165) is 54.0 Å². The summed E-state index contributed by atoms with van der Waals surface area (Å²) in [4.78, 5) is 64.4. The number of nitrogens with one attached hydrogen (secondary N) is 3. The first-order chi connectivity index (χ1) is 23.4. The maximum absolute atomic E-state index is 13.9. The summed E-state index contributed by atoms with van der Waals surface area (Å²) in [7, 11) is 0.